The first kappa shape index (κ1) is 14.4. The van der Waals surface area contributed by atoms with Gasteiger partial charge in [-0.15, -0.1) is 0 Å². The van der Waals surface area contributed by atoms with Crippen molar-refractivity contribution in [3.63, 3.8) is 0 Å². The van der Waals surface area contributed by atoms with Gasteiger partial charge in [0.2, 0.25) is 0 Å². The van der Waals surface area contributed by atoms with Crippen LogP contribution in [0.2, 0.25) is 0 Å². The van der Waals surface area contributed by atoms with Gasteiger partial charge in [-0.2, -0.15) is 0 Å². The van der Waals surface area contributed by atoms with E-state index < -0.39 is 0 Å². The smallest absolute Gasteiger partial charge is 0.118 e. The quantitative estimate of drug-likeness (QED) is 0.612. The Labute approximate surface area is 116 Å². The van der Waals surface area contributed by atoms with E-state index in [-0.39, 0.29) is 0 Å². The van der Waals surface area contributed by atoms with Crippen molar-refractivity contribution in [3.8, 4) is 5.75 Å². The van der Waals surface area contributed by atoms with Gasteiger partial charge in [0, 0.05) is 6.04 Å². The molecule has 3 N–H and O–H groups in total. The van der Waals surface area contributed by atoms with Crippen LogP contribution in [-0.2, 0) is 6.42 Å². The molecule has 0 bridgehead atoms. The Bertz CT molecular complexity index is 358. The molecule has 3 nitrogen and oxygen atoms in total. The zero-order valence-electron chi connectivity index (χ0n) is 11.9. The van der Waals surface area contributed by atoms with E-state index in [9.17, 15) is 0 Å². The van der Waals surface area contributed by atoms with Gasteiger partial charge in [-0.05, 0) is 49.3 Å². The van der Waals surface area contributed by atoms with Crippen LogP contribution in [0.1, 0.15) is 44.1 Å². The first-order chi connectivity index (χ1) is 9.33. The minimum Gasteiger partial charge on any atom is -0.497 e. The highest BCUT2D eigenvalue weighted by Gasteiger charge is 2.22. The van der Waals surface area contributed by atoms with Crippen LogP contribution in [-0.4, -0.2) is 13.2 Å². The lowest BCUT2D eigenvalue weighted by Gasteiger charge is -2.29. The van der Waals surface area contributed by atoms with Crippen LogP contribution in [0.5, 0.6) is 5.75 Å². The number of hydrogen-bond acceptors (Lipinski definition) is 3. The Kier molecular flexibility index (Phi) is 5.67. The molecule has 1 aliphatic rings. The van der Waals surface area contributed by atoms with Crippen molar-refractivity contribution in [2.45, 2.75) is 51.0 Å². The second-order valence-electron chi connectivity index (χ2n) is 5.56. The first-order valence-corrected chi connectivity index (χ1v) is 7.42. The van der Waals surface area contributed by atoms with Crippen molar-refractivity contribution in [1.29, 1.82) is 0 Å². The number of nitrogens with two attached hydrogens (primary N) is 1. The van der Waals surface area contributed by atoms with E-state index in [4.69, 9.17) is 10.6 Å². The molecule has 0 amide bonds. The topological polar surface area (TPSA) is 47.3 Å². The summed E-state index contributed by atoms with van der Waals surface area (Å²) >= 11 is 0. The van der Waals surface area contributed by atoms with Gasteiger partial charge >= 0.3 is 0 Å². The SMILES string of the molecule is COc1ccc(CCC(NN)C2CCCCC2)cc1. The largest absolute Gasteiger partial charge is 0.497 e. The summed E-state index contributed by atoms with van der Waals surface area (Å²) in [6, 6.07) is 8.81. The monoisotopic (exact) mass is 262 g/mol. The lowest BCUT2D eigenvalue weighted by Crippen LogP contribution is -2.42. The summed E-state index contributed by atoms with van der Waals surface area (Å²) in [7, 11) is 1.70. The van der Waals surface area contributed by atoms with Gasteiger partial charge in [-0.25, -0.2) is 0 Å². The number of ether oxygens (including phenoxy) is 1. The third-order valence-electron chi connectivity index (χ3n) is 4.34. The number of hydrogen-bond donors (Lipinski definition) is 2. The van der Waals surface area contributed by atoms with Gasteiger partial charge in [0.1, 0.15) is 5.75 Å². The number of methoxy groups -OCH3 is 1. The molecule has 2 rings (SSSR count). The molecule has 0 aliphatic heterocycles. The number of nitrogens with one attached hydrogen (secondary N) is 1. The molecule has 1 aliphatic carbocycles. The Balaban J connectivity index is 1.84. The highest BCUT2D eigenvalue weighted by atomic mass is 16.5. The summed E-state index contributed by atoms with van der Waals surface area (Å²) in [5, 5.41) is 0. The lowest BCUT2D eigenvalue weighted by atomic mass is 9.82. The first-order valence-electron chi connectivity index (χ1n) is 7.42. The maximum absolute atomic E-state index is 5.74. The van der Waals surface area contributed by atoms with E-state index in [1.165, 1.54) is 37.7 Å². The van der Waals surface area contributed by atoms with Crippen molar-refractivity contribution < 1.29 is 4.74 Å². The predicted molar refractivity (Wildman–Crippen MR) is 79.0 cm³/mol. The molecule has 106 valence electrons. The minimum atomic E-state index is 0.461. The van der Waals surface area contributed by atoms with E-state index in [1.54, 1.807) is 7.11 Å². The van der Waals surface area contributed by atoms with E-state index in [1.807, 2.05) is 12.1 Å². The molecule has 0 saturated heterocycles. The predicted octanol–water partition coefficient (Wildman–Crippen LogP) is 3.04. The van der Waals surface area contributed by atoms with E-state index in [0.29, 0.717) is 6.04 Å². The highest BCUT2D eigenvalue weighted by molar-refractivity contribution is 5.27. The summed E-state index contributed by atoms with van der Waals surface area (Å²) in [5.41, 5.74) is 4.40. The van der Waals surface area contributed by atoms with Gasteiger partial charge < -0.3 is 4.74 Å². The van der Waals surface area contributed by atoms with Gasteiger partial charge in [0.25, 0.3) is 0 Å². The fraction of sp³-hybridized carbons (Fsp3) is 0.625. The average molecular weight is 262 g/mol. The third kappa shape index (κ3) is 4.22. The molecule has 0 spiro atoms. The third-order valence-corrected chi connectivity index (χ3v) is 4.34. The van der Waals surface area contributed by atoms with Crippen LogP contribution in [0.25, 0.3) is 0 Å². The van der Waals surface area contributed by atoms with Crippen LogP contribution in [0, 0.1) is 5.92 Å². The van der Waals surface area contributed by atoms with Crippen molar-refractivity contribution in [2.24, 2.45) is 11.8 Å². The van der Waals surface area contributed by atoms with E-state index in [0.717, 1.165) is 24.5 Å². The molecule has 19 heavy (non-hydrogen) atoms. The van der Waals surface area contributed by atoms with Crippen LogP contribution in [0.4, 0.5) is 0 Å². The summed E-state index contributed by atoms with van der Waals surface area (Å²) in [5.74, 6) is 7.43. The Morgan fingerprint density at radius 2 is 1.89 bits per heavy atom. The van der Waals surface area contributed by atoms with Crippen molar-refractivity contribution in [2.75, 3.05) is 7.11 Å². The maximum atomic E-state index is 5.74. The van der Waals surface area contributed by atoms with Gasteiger partial charge in [-0.3, -0.25) is 11.3 Å². The summed E-state index contributed by atoms with van der Waals surface area (Å²) in [4.78, 5) is 0. The van der Waals surface area contributed by atoms with Gasteiger partial charge in [0.05, 0.1) is 7.11 Å². The zero-order chi connectivity index (χ0) is 13.5. The van der Waals surface area contributed by atoms with Crippen LogP contribution in [0.3, 0.4) is 0 Å². The van der Waals surface area contributed by atoms with Crippen molar-refractivity contribution >= 4 is 0 Å². The molecule has 1 aromatic carbocycles. The van der Waals surface area contributed by atoms with Crippen molar-refractivity contribution in [3.05, 3.63) is 29.8 Å². The normalized spacial score (nSPS) is 18.2. The van der Waals surface area contributed by atoms with Crippen LogP contribution in [0.15, 0.2) is 24.3 Å². The van der Waals surface area contributed by atoms with E-state index >= 15 is 0 Å². The Morgan fingerprint density at radius 1 is 1.21 bits per heavy atom. The molecule has 3 heteroatoms. The standard InChI is InChI=1S/C16H26N2O/c1-19-15-10-7-13(8-11-15)9-12-16(18-17)14-5-3-2-4-6-14/h7-8,10-11,14,16,18H,2-6,9,12,17H2,1H3. The van der Waals surface area contributed by atoms with Gasteiger partial charge in [-0.1, -0.05) is 31.4 Å². The number of hydrazine groups is 1. The zero-order valence-corrected chi connectivity index (χ0v) is 11.9. The fourth-order valence-electron chi connectivity index (χ4n) is 3.11. The molecule has 0 aromatic heterocycles. The van der Waals surface area contributed by atoms with E-state index in [2.05, 4.69) is 17.6 Å². The molecular weight excluding hydrogens is 236 g/mol. The second-order valence-corrected chi connectivity index (χ2v) is 5.56. The molecular formula is C16H26N2O. The highest BCUT2D eigenvalue weighted by Crippen LogP contribution is 2.28. The molecule has 1 saturated carbocycles. The molecule has 0 heterocycles. The maximum Gasteiger partial charge on any atom is 0.118 e. The van der Waals surface area contributed by atoms with Crippen LogP contribution >= 0.6 is 0 Å². The fourth-order valence-corrected chi connectivity index (χ4v) is 3.11. The van der Waals surface area contributed by atoms with Gasteiger partial charge in [0.15, 0.2) is 0 Å². The Morgan fingerprint density at radius 3 is 2.47 bits per heavy atom. The molecule has 1 unspecified atom stereocenters. The van der Waals surface area contributed by atoms with Crippen molar-refractivity contribution in [1.82, 2.24) is 5.43 Å². The number of benzene rings is 1. The molecule has 1 fully saturated rings. The second kappa shape index (κ2) is 7.51. The summed E-state index contributed by atoms with van der Waals surface area (Å²) in [6.45, 7) is 0. The van der Waals surface area contributed by atoms with Crippen LogP contribution < -0.4 is 16.0 Å². The summed E-state index contributed by atoms with van der Waals surface area (Å²) < 4.78 is 5.18. The number of rotatable bonds is 6. The average Bonchev–Trinajstić information content (AvgIpc) is 2.49. The molecule has 1 aromatic rings. The summed E-state index contributed by atoms with van der Waals surface area (Å²) in [6.07, 6.45) is 8.99. The molecule has 0 radical (unpaired) electrons. The lowest BCUT2D eigenvalue weighted by molar-refractivity contribution is 0.260. The minimum absolute atomic E-state index is 0.461. The Hall–Kier alpha value is -1.06. The molecule has 1 atom stereocenters. The number of aryl methyl sites for hydroxylation is 1.